The Bertz CT molecular complexity index is 310. The third-order valence-electron chi connectivity index (χ3n) is 3.15. The van der Waals surface area contributed by atoms with Crippen molar-refractivity contribution in [1.82, 2.24) is 10.2 Å². The van der Waals surface area contributed by atoms with E-state index in [1.165, 1.54) is 0 Å². The third kappa shape index (κ3) is 4.80. The minimum atomic E-state index is -0.314. The van der Waals surface area contributed by atoms with Crippen LogP contribution in [0.3, 0.4) is 0 Å². The first-order chi connectivity index (χ1) is 9.10. The van der Waals surface area contributed by atoms with E-state index in [4.69, 9.17) is 10.5 Å². The summed E-state index contributed by atoms with van der Waals surface area (Å²) in [5.74, 6) is -0.500. The predicted molar refractivity (Wildman–Crippen MR) is 72.5 cm³/mol. The molecule has 6 nitrogen and oxygen atoms in total. The van der Waals surface area contributed by atoms with Crippen LogP contribution in [0.1, 0.15) is 26.7 Å². The number of carbonyl (C=O) groups excluding carboxylic acids is 2. The summed E-state index contributed by atoms with van der Waals surface area (Å²) in [4.78, 5) is 25.6. The zero-order valence-corrected chi connectivity index (χ0v) is 11.9. The largest absolute Gasteiger partial charge is 0.379 e. The first-order valence-corrected chi connectivity index (χ1v) is 6.98. The molecule has 0 aromatic heterocycles. The molecule has 0 saturated carbocycles. The summed E-state index contributed by atoms with van der Waals surface area (Å²) >= 11 is 0. The first kappa shape index (κ1) is 15.9. The van der Waals surface area contributed by atoms with Crippen molar-refractivity contribution in [3.05, 3.63) is 0 Å². The lowest BCUT2D eigenvalue weighted by atomic mass is 10.0. The van der Waals surface area contributed by atoms with Crippen molar-refractivity contribution in [2.75, 3.05) is 32.8 Å². The molecule has 6 heteroatoms. The fraction of sp³-hybridized carbons (Fsp3) is 0.846. The average Bonchev–Trinajstić information content (AvgIpc) is 2.81. The number of rotatable bonds is 7. The second-order valence-corrected chi connectivity index (χ2v) is 4.92. The highest BCUT2D eigenvalue weighted by Gasteiger charge is 2.34. The van der Waals surface area contributed by atoms with Gasteiger partial charge in [-0.2, -0.15) is 0 Å². The predicted octanol–water partition coefficient (Wildman–Crippen LogP) is -0.275. The van der Waals surface area contributed by atoms with Gasteiger partial charge in [0.25, 0.3) is 0 Å². The average molecular weight is 271 g/mol. The van der Waals surface area contributed by atoms with Crippen molar-refractivity contribution in [3.63, 3.8) is 0 Å². The standard InChI is InChI=1S/C13H25N3O3/c1-3-5-15-12(17)7-16(6-4-2)13(18)10-8-19-9-11(10)14/h10-11H,3-9,14H2,1-2H3,(H,15,17). The van der Waals surface area contributed by atoms with Crippen LogP contribution in [-0.2, 0) is 14.3 Å². The maximum absolute atomic E-state index is 12.3. The Morgan fingerprint density at radius 1 is 1.32 bits per heavy atom. The number of amides is 2. The number of nitrogens with one attached hydrogen (secondary N) is 1. The number of nitrogens with two attached hydrogens (primary N) is 1. The van der Waals surface area contributed by atoms with E-state index in [2.05, 4.69) is 5.32 Å². The van der Waals surface area contributed by atoms with Gasteiger partial charge >= 0.3 is 0 Å². The quantitative estimate of drug-likeness (QED) is 0.667. The van der Waals surface area contributed by atoms with E-state index in [9.17, 15) is 9.59 Å². The van der Waals surface area contributed by atoms with E-state index in [1.807, 2.05) is 13.8 Å². The Morgan fingerprint density at radius 2 is 2.05 bits per heavy atom. The Hall–Kier alpha value is -1.14. The van der Waals surface area contributed by atoms with Gasteiger partial charge in [0.15, 0.2) is 0 Å². The van der Waals surface area contributed by atoms with Crippen molar-refractivity contribution < 1.29 is 14.3 Å². The number of carbonyl (C=O) groups is 2. The Morgan fingerprint density at radius 3 is 2.58 bits per heavy atom. The van der Waals surface area contributed by atoms with E-state index in [0.717, 1.165) is 12.8 Å². The van der Waals surface area contributed by atoms with Crippen molar-refractivity contribution >= 4 is 11.8 Å². The molecule has 1 aliphatic heterocycles. The number of hydrogen-bond donors (Lipinski definition) is 2. The van der Waals surface area contributed by atoms with Crippen LogP contribution in [0.2, 0.25) is 0 Å². The zero-order chi connectivity index (χ0) is 14.3. The molecule has 1 heterocycles. The smallest absolute Gasteiger partial charge is 0.239 e. The number of hydrogen-bond acceptors (Lipinski definition) is 4. The van der Waals surface area contributed by atoms with E-state index >= 15 is 0 Å². The van der Waals surface area contributed by atoms with Crippen LogP contribution in [0.15, 0.2) is 0 Å². The molecule has 0 bridgehead atoms. The molecule has 2 amide bonds. The lowest BCUT2D eigenvalue weighted by Crippen LogP contribution is -2.47. The minimum absolute atomic E-state index is 0.0708. The summed E-state index contributed by atoms with van der Waals surface area (Å²) in [7, 11) is 0. The van der Waals surface area contributed by atoms with Crippen LogP contribution >= 0.6 is 0 Å². The van der Waals surface area contributed by atoms with Gasteiger partial charge in [0, 0.05) is 19.1 Å². The molecule has 110 valence electrons. The van der Waals surface area contributed by atoms with Crippen LogP contribution in [0, 0.1) is 5.92 Å². The van der Waals surface area contributed by atoms with Gasteiger partial charge in [-0.1, -0.05) is 13.8 Å². The molecule has 1 rings (SSSR count). The highest BCUT2D eigenvalue weighted by molar-refractivity contribution is 5.86. The maximum atomic E-state index is 12.3. The van der Waals surface area contributed by atoms with E-state index in [0.29, 0.717) is 26.3 Å². The first-order valence-electron chi connectivity index (χ1n) is 6.98. The van der Waals surface area contributed by atoms with Gasteiger partial charge in [-0.25, -0.2) is 0 Å². The molecule has 3 N–H and O–H groups in total. The number of nitrogens with zero attached hydrogens (tertiary/aromatic N) is 1. The third-order valence-corrected chi connectivity index (χ3v) is 3.15. The normalized spacial score (nSPS) is 22.3. The van der Waals surface area contributed by atoms with Gasteiger partial charge in [0.2, 0.25) is 11.8 Å². The highest BCUT2D eigenvalue weighted by Crippen LogP contribution is 2.15. The van der Waals surface area contributed by atoms with Gasteiger partial charge < -0.3 is 20.7 Å². The van der Waals surface area contributed by atoms with Crippen LogP contribution in [-0.4, -0.2) is 55.6 Å². The van der Waals surface area contributed by atoms with E-state index < -0.39 is 0 Å². The van der Waals surface area contributed by atoms with Gasteiger partial charge in [-0.3, -0.25) is 9.59 Å². The fourth-order valence-electron chi connectivity index (χ4n) is 2.09. The van der Waals surface area contributed by atoms with Crippen LogP contribution < -0.4 is 11.1 Å². The molecule has 1 fully saturated rings. The summed E-state index contributed by atoms with van der Waals surface area (Å²) in [6.07, 6.45) is 1.70. The summed E-state index contributed by atoms with van der Waals surface area (Å²) in [5, 5.41) is 2.78. The van der Waals surface area contributed by atoms with Gasteiger partial charge in [0.05, 0.1) is 25.7 Å². The molecule has 0 aromatic carbocycles. The van der Waals surface area contributed by atoms with Crippen molar-refractivity contribution in [3.8, 4) is 0 Å². The monoisotopic (exact) mass is 271 g/mol. The molecule has 2 unspecified atom stereocenters. The molecule has 1 saturated heterocycles. The molecule has 2 atom stereocenters. The molecule has 0 aromatic rings. The molecular formula is C13H25N3O3. The van der Waals surface area contributed by atoms with E-state index in [-0.39, 0.29) is 30.3 Å². The zero-order valence-electron chi connectivity index (χ0n) is 11.9. The van der Waals surface area contributed by atoms with Crippen LogP contribution in [0.4, 0.5) is 0 Å². The lowest BCUT2D eigenvalue weighted by Gasteiger charge is -2.25. The molecule has 0 radical (unpaired) electrons. The topological polar surface area (TPSA) is 84.7 Å². The Kier molecular flexibility index (Phi) is 6.80. The second kappa shape index (κ2) is 8.12. The summed E-state index contributed by atoms with van der Waals surface area (Å²) in [6, 6.07) is -0.259. The van der Waals surface area contributed by atoms with Gasteiger partial charge in [-0.05, 0) is 12.8 Å². The van der Waals surface area contributed by atoms with E-state index in [1.54, 1.807) is 4.90 Å². The molecule has 1 aliphatic rings. The van der Waals surface area contributed by atoms with Crippen molar-refractivity contribution in [1.29, 1.82) is 0 Å². The summed E-state index contributed by atoms with van der Waals surface area (Å²) in [6.45, 7) is 6.06. The summed E-state index contributed by atoms with van der Waals surface area (Å²) in [5.41, 5.74) is 5.85. The van der Waals surface area contributed by atoms with Gasteiger partial charge in [0.1, 0.15) is 0 Å². The molecule has 0 aliphatic carbocycles. The van der Waals surface area contributed by atoms with Gasteiger partial charge in [-0.15, -0.1) is 0 Å². The highest BCUT2D eigenvalue weighted by atomic mass is 16.5. The molecule has 19 heavy (non-hydrogen) atoms. The van der Waals surface area contributed by atoms with Crippen molar-refractivity contribution in [2.45, 2.75) is 32.7 Å². The SMILES string of the molecule is CCCNC(=O)CN(CCC)C(=O)C1COCC1N. The molecule has 0 spiro atoms. The Labute approximate surface area is 114 Å². The lowest BCUT2D eigenvalue weighted by molar-refractivity contribution is -0.139. The fourth-order valence-corrected chi connectivity index (χ4v) is 2.09. The minimum Gasteiger partial charge on any atom is -0.379 e. The molecular weight excluding hydrogens is 246 g/mol. The van der Waals surface area contributed by atoms with Crippen LogP contribution in [0.25, 0.3) is 0 Å². The van der Waals surface area contributed by atoms with Crippen molar-refractivity contribution in [2.24, 2.45) is 11.7 Å². The number of ether oxygens (including phenoxy) is 1. The Balaban J connectivity index is 2.55. The maximum Gasteiger partial charge on any atom is 0.239 e. The second-order valence-electron chi connectivity index (χ2n) is 4.92. The summed E-state index contributed by atoms with van der Waals surface area (Å²) < 4.78 is 5.22. The van der Waals surface area contributed by atoms with Crippen LogP contribution in [0.5, 0.6) is 0 Å².